The van der Waals surface area contributed by atoms with E-state index in [1.165, 1.54) is 0 Å². The monoisotopic (exact) mass is 429 g/mol. The Morgan fingerprint density at radius 3 is 2.72 bits per heavy atom. The van der Waals surface area contributed by atoms with Crippen LogP contribution in [0.5, 0.6) is 0 Å². The van der Waals surface area contributed by atoms with E-state index in [1.54, 1.807) is 28.1 Å². The highest BCUT2D eigenvalue weighted by Gasteiger charge is 2.32. The predicted octanol–water partition coefficient (Wildman–Crippen LogP) is 3.22. The van der Waals surface area contributed by atoms with Gasteiger partial charge in [-0.1, -0.05) is 30.3 Å². The zero-order valence-corrected chi connectivity index (χ0v) is 17.5. The van der Waals surface area contributed by atoms with E-state index >= 15 is 0 Å². The fraction of sp³-hybridized carbons (Fsp3) is 0.250. The maximum atomic E-state index is 13.7. The molecule has 8 heteroatoms. The molecule has 0 radical (unpaired) electrons. The van der Waals surface area contributed by atoms with Crippen LogP contribution in [0.1, 0.15) is 35.4 Å². The zero-order valence-electron chi connectivity index (χ0n) is 17.5. The number of amides is 2. The lowest BCUT2D eigenvalue weighted by Gasteiger charge is -2.33. The van der Waals surface area contributed by atoms with Gasteiger partial charge in [0.15, 0.2) is 5.65 Å². The third kappa shape index (κ3) is 3.64. The minimum absolute atomic E-state index is 0.226. The molecule has 2 amide bonds. The molecule has 2 N–H and O–H groups in total. The van der Waals surface area contributed by atoms with Crippen LogP contribution in [0.15, 0.2) is 65.4 Å². The van der Waals surface area contributed by atoms with Gasteiger partial charge in [-0.05, 0) is 37.5 Å². The Balaban J connectivity index is 1.64. The van der Waals surface area contributed by atoms with Gasteiger partial charge < -0.3 is 15.1 Å². The first-order chi connectivity index (χ1) is 15.6. The summed E-state index contributed by atoms with van der Waals surface area (Å²) < 4.78 is 7.19. The SMILES string of the molecule is NC(=O)C1CCCCN1C(=O)c1cc(-c2ccccc2)nc2c1cnn2Cc1ccco1. The molecule has 4 heterocycles. The maximum Gasteiger partial charge on any atom is 0.255 e. The van der Waals surface area contributed by atoms with Crippen LogP contribution < -0.4 is 5.73 Å². The molecule has 1 aliphatic rings. The number of benzene rings is 1. The van der Waals surface area contributed by atoms with Crippen molar-refractivity contribution in [2.75, 3.05) is 6.54 Å². The first kappa shape index (κ1) is 20.0. The van der Waals surface area contributed by atoms with Crippen molar-refractivity contribution >= 4 is 22.8 Å². The quantitative estimate of drug-likeness (QED) is 0.524. The number of piperidine rings is 1. The molecule has 1 fully saturated rings. The van der Waals surface area contributed by atoms with Crippen molar-refractivity contribution in [3.8, 4) is 11.3 Å². The van der Waals surface area contributed by atoms with E-state index in [2.05, 4.69) is 5.10 Å². The fourth-order valence-electron chi connectivity index (χ4n) is 4.27. The highest BCUT2D eigenvalue weighted by Crippen LogP contribution is 2.28. The van der Waals surface area contributed by atoms with Crippen molar-refractivity contribution < 1.29 is 14.0 Å². The van der Waals surface area contributed by atoms with Crippen LogP contribution >= 0.6 is 0 Å². The third-order valence-corrected chi connectivity index (χ3v) is 5.89. The second-order valence-corrected chi connectivity index (χ2v) is 7.95. The summed E-state index contributed by atoms with van der Waals surface area (Å²) in [5, 5.41) is 5.11. The molecule has 3 aromatic heterocycles. The van der Waals surface area contributed by atoms with Gasteiger partial charge in [-0.25, -0.2) is 9.67 Å². The molecular weight excluding hydrogens is 406 g/mol. The van der Waals surface area contributed by atoms with E-state index in [0.717, 1.165) is 24.2 Å². The highest BCUT2D eigenvalue weighted by molar-refractivity contribution is 6.07. The standard InChI is InChI=1S/C24H23N5O3/c25-22(30)21-10-4-5-11-28(21)24(31)18-13-20(16-7-2-1-3-8-16)27-23-19(18)14-26-29(23)15-17-9-6-12-32-17/h1-3,6-9,12-14,21H,4-5,10-11,15H2,(H2,25,30). The van der Waals surface area contributed by atoms with Gasteiger partial charge in [-0.15, -0.1) is 0 Å². The molecule has 1 aliphatic heterocycles. The molecule has 162 valence electrons. The van der Waals surface area contributed by atoms with Crippen LogP contribution in [0, 0.1) is 0 Å². The zero-order chi connectivity index (χ0) is 22.1. The molecule has 0 saturated carbocycles. The second kappa shape index (κ2) is 8.30. The average Bonchev–Trinajstić information content (AvgIpc) is 3.49. The Morgan fingerprint density at radius 2 is 1.97 bits per heavy atom. The van der Waals surface area contributed by atoms with Crippen molar-refractivity contribution in [2.45, 2.75) is 31.8 Å². The van der Waals surface area contributed by atoms with E-state index in [0.29, 0.717) is 41.8 Å². The number of nitrogens with zero attached hydrogens (tertiary/aromatic N) is 4. The molecule has 0 spiro atoms. The number of fused-ring (bicyclic) bond motifs is 1. The molecule has 8 nitrogen and oxygen atoms in total. The van der Waals surface area contributed by atoms with Gasteiger partial charge in [0, 0.05) is 12.1 Å². The Bertz CT molecular complexity index is 1260. The van der Waals surface area contributed by atoms with Gasteiger partial charge in [0.05, 0.1) is 29.1 Å². The Kier molecular flexibility index (Phi) is 5.18. The number of nitrogens with two attached hydrogens (primary N) is 1. The number of aromatic nitrogens is 3. The predicted molar refractivity (Wildman–Crippen MR) is 119 cm³/mol. The van der Waals surface area contributed by atoms with Crippen LogP contribution in [0.2, 0.25) is 0 Å². The van der Waals surface area contributed by atoms with Crippen molar-refractivity contribution in [3.05, 3.63) is 72.3 Å². The minimum Gasteiger partial charge on any atom is -0.467 e. The Labute approximate surface area is 184 Å². The molecule has 0 aliphatic carbocycles. The highest BCUT2D eigenvalue weighted by atomic mass is 16.3. The summed E-state index contributed by atoms with van der Waals surface area (Å²) in [6, 6.07) is 14.5. The van der Waals surface area contributed by atoms with Crippen LogP contribution in [0.3, 0.4) is 0 Å². The van der Waals surface area contributed by atoms with Crippen molar-refractivity contribution in [3.63, 3.8) is 0 Å². The summed E-state index contributed by atoms with van der Waals surface area (Å²) in [7, 11) is 0. The number of carbonyl (C=O) groups excluding carboxylic acids is 2. The lowest BCUT2D eigenvalue weighted by atomic mass is 9.99. The molecule has 5 rings (SSSR count). The topological polar surface area (TPSA) is 107 Å². The molecular formula is C24H23N5O3. The maximum absolute atomic E-state index is 13.7. The first-order valence-corrected chi connectivity index (χ1v) is 10.7. The van der Waals surface area contributed by atoms with Crippen molar-refractivity contribution in [1.29, 1.82) is 0 Å². The summed E-state index contributed by atoms with van der Waals surface area (Å²) >= 11 is 0. The number of rotatable bonds is 5. The summed E-state index contributed by atoms with van der Waals surface area (Å²) in [4.78, 5) is 32.1. The van der Waals surface area contributed by atoms with Crippen LogP contribution in [0.4, 0.5) is 0 Å². The van der Waals surface area contributed by atoms with Crippen molar-refractivity contribution in [2.24, 2.45) is 5.73 Å². The Hall–Kier alpha value is -3.94. The summed E-state index contributed by atoms with van der Waals surface area (Å²) in [6.07, 6.45) is 5.56. The first-order valence-electron chi connectivity index (χ1n) is 10.7. The lowest BCUT2D eigenvalue weighted by molar-refractivity contribution is -0.123. The van der Waals surface area contributed by atoms with Gasteiger partial charge in [-0.2, -0.15) is 5.10 Å². The number of pyridine rings is 1. The molecule has 1 atom stereocenters. The van der Waals surface area contributed by atoms with Crippen LogP contribution in [-0.4, -0.2) is 44.1 Å². The summed E-state index contributed by atoms with van der Waals surface area (Å²) in [6.45, 7) is 0.889. The molecule has 32 heavy (non-hydrogen) atoms. The molecule has 0 bridgehead atoms. The van der Waals surface area contributed by atoms with E-state index in [-0.39, 0.29) is 5.91 Å². The van der Waals surface area contributed by atoms with Crippen LogP contribution in [-0.2, 0) is 11.3 Å². The van der Waals surface area contributed by atoms with E-state index in [1.807, 2.05) is 42.5 Å². The molecule has 1 unspecified atom stereocenters. The average molecular weight is 429 g/mol. The van der Waals surface area contributed by atoms with Gasteiger partial charge in [0.25, 0.3) is 5.91 Å². The largest absolute Gasteiger partial charge is 0.467 e. The van der Waals surface area contributed by atoms with E-state index < -0.39 is 11.9 Å². The number of likely N-dealkylation sites (tertiary alicyclic amines) is 1. The fourth-order valence-corrected chi connectivity index (χ4v) is 4.27. The number of primary amides is 1. The second-order valence-electron chi connectivity index (χ2n) is 7.95. The van der Waals surface area contributed by atoms with Crippen molar-refractivity contribution in [1.82, 2.24) is 19.7 Å². The van der Waals surface area contributed by atoms with E-state index in [9.17, 15) is 9.59 Å². The van der Waals surface area contributed by atoms with Crippen LogP contribution in [0.25, 0.3) is 22.3 Å². The molecule has 4 aromatic rings. The molecule has 1 saturated heterocycles. The molecule has 1 aromatic carbocycles. The summed E-state index contributed by atoms with van der Waals surface area (Å²) in [5.74, 6) is 0.0374. The summed E-state index contributed by atoms with van der Waals surface area (Å²) in [5.41, 5.74) is 8.21. The number of carbonyl (C=O) groups is 2. The van der Waals surface area contributed by atoms with Gasteiger partial charge in [0.1, 0.15) is 18.3 Å². The third-order valence-electron chi connectivity index (χ3n) is 5.89. The minimum atomic E-state index is -0.599. The number of hydrogen-bond acceptors (Lipinski definition) is 5. The number of hydrogen-bond donors (Lipinski definition) is 1. The normalized spacial score (nSPS) is 16.4. The lowest BCUT2D eigenvalue weighted by Crippen LogP contribution is -2.50. The van der Waals surface area contributed by atoms with Gasteiger partial charge in [0.2, 0.25) is 5.91 Å². The Morgan fingerprint density at radius 1 is 1.12 bits per heavy atom. The number of furan rings is 1. The smallest absolute Gasteiger partial charge is 0.255 e. The van der Waals surface area contributed by atoms with Gasteiger partial charge >= 0.3 is 0 Å². The van der Waals surface area contributed by atoms with Gasteiger partial charge in [-0.3, -0.25) is 9.59 Å². The van der Waals surface area contributed by atoms with E-state index in [4.69, 9.17) is 15.1 Å².